The average Bonchev–Trinajstić information content (AvgIpc) is 2.99. The number of ether oxygens (including phenoxy) is 1. The number of carbonyl (C=O) groups excluding carboxylic acids is 3. The van der Waals surface area contributed by atoms with Gasteiger partial charge in [-0.1, -0.05) is 36.7 Å². The number of hydrogen-bond donors (Lipinski definition) is 1. The largest absolute Gasteiger partial charge is 0.463 e. The Labute approximate surface area is 166 Å². The minimum absolute atomic E-state index is 0.176. The molecule has 0 bridgehead atoms. The van der Waals surface area contributed by atoms with Gasteiger partial charge in [-0.05, 0) is 19.4 Å². The van der Waals surface area contributed by atoms with Gasteiger partial charge in [0.1, 0.15) is 10.9 Å². The highest BCUT2D eigenvalue weighted by atomic mass is 35.5. The van der Waals surface area contributed by atoms with Gasteiger partial charge in [-0.25, -0.2) is 0 Å². The number of benzene rings is 1. The van der Waals surface area contributed by atoms with Gasteiger partial charge in [-0.3, -0.25) is 14.4 Å². The summed E-state index contributed by atoms with van der Waals surface area (Å²) in [6.45, 7) is 4.35. The van der Waals surface area contributed by atoms with Crippen molar-refractivity contribution < 1.29 is 19.1 Å². The standard InChI is InChI=1S/C19H21ClN2O4S/c1-3-11(2)26-15(23)10-13-18(24)21-8-9-22(13)19(25)17-16(20)12-6-4-5-7-14(12)27-17/h4-7,11,13H,3,8-10H2,1-2H3,(H,21,24). The van der Waals surface area contributed by atoms with E-state index in [4.69, 9.17) is 16.3 Å². The van der Waals surface area contributed by atoms with Crippen molar-refractivity contribution in [2.24, 2.45) is 0 Å². The third-order valence-corrected chi connectivity index (χ3v) is 6.25. The van der Waals surface area contributed by atoms with E-state index in [0.29, 0.717) is 29.4 Å². The predicted molar refractivity (Wildman–Crippen MR) is 105 cm³/mol. The second kappa shape index (κ2) is 8.27. The Kier molecular flexibility index (Phi) is 6.01. The number of esters is 1. The number of piperazine rings is 1. The highest BCUT2D eigenvalue weighted by Crippen LogP contribution is 2.36. The zero-order valence-electron chi connectivity index (χ0n) is 15.2. The summed E-state index contributed by atoms with van der Waals surface area (Å²) in [6, 6.07) is 6.59. The summed E-state index contributed by atoms with van der Waals surface area (Å²) >= 11 is 7.71. The number of carbonyl (C=O) groups is 3. The van der Waals surface area contributed by atoms with Crippen molar-refractivity contribution >= 4 is 50.8 Å². The van der Waals surface area contributed by atoms with E-state index in [0.717, 1.165) is 10.1 Å². The second-order valence-corrected chi connectivity index (χ2v) is 7.89. The van der Waals surface area contributed by atoms with Crippen molar-refractivity contribution in [3.63, 3.8) is 0 Å². The molecule has 0 aliphatic carbocycles. The zero-order valence-corrected chi connectivity index (χ0v) is 16.7. The van der Waals surface area contributed by atoms with E-state index in [9.17, 15) is 14.4 Å². The second-order valence-electron chi connectivity index (χ2n) is 6.46. The molecule has 8 heteroatoms. The number of hydrogen-bond acceptors (Lipinski definition) is 5. The normalized spacial score (nSPS) is 18.3. The molecule has 2 unspecified atom stereocenters. The molecule has 1 aliphatic rings. The van der Waals surface area contributed by atoms with Crippen LogP contribution >= 0.6 is 22.9 Å². The molecule has 0 radical (unpaired) electrons. The van der Waals surface area contributed by atoms with Crippen molar-refractivity contribution in [2.75, 3.05) is 13.1 Å². The van der Waals surface area contributed by atoms with Crippen molar-refractivity contribution in [1.82, 2.24) is 10.2 Å². The molecule has 27 heavy (non-hydrogen) atoms. The predicted octanol–water partition coefficient (Wildman–Crippen LogP) is 3.23. The summed E-state index contributed by atoms with van der Waals surface area (Å²) in [5, 5.41) is 3.90. The Hall–Kier alpha value is -2.12. The third kappa shape index (κ3) is 4.09. The topological polar surface area (TPSA) is 75.7 Å². The molecular weight excluding hydrogens is 388 g/mol. The molecule has 1 N–H and O–H groups in total. The van der Waals surface area contributed by atoms with Crippen molar-refractivity contribution in [3.8, 4) is 0 Å². The molecule has 6 nitrogen and oxygen atoms in total. The SMILES string of the molecule is CCC(C)OC(=O)CC1C(=O)NCCN1C(=O)c1sc2ccccc2c1Cl. The van der Waals surface area contributed by atoms with Crippen LogP contribution in [0.25, 0.3) is 10.1 Å². The van der Waals surface area contributed by atoms with Crippen LogP contribution in [-0.4, -0.2) is 47.9 Å². The molecule has 2 heterocycles. The number of halogens is 1. The first-order valence-corrected chi connectivity index (χ1v) is 10.1. The van der Waals surface area contributed by atoms with E-state index in [-0.39, 0.29) is 24.3 Å². The monoisotopic (exact) mass is 408 g/mol. The lowest BCUT2D eigenvalue weighted by Crippen LogP contribution is -2.57. The molecule has 1 fully saturated rings. The van der Waals surface area contributed by atoms with E-state index in [1.807, 2.05) is 31.2 Å². The van der Waals surface area contributed by atoms with Gasteiger partial charge >= 0.3 is 5.97 Å². The molecule has 1 aliphatic heterocycles. The van der Waals surface area contributed by atoms with Crippen LogP contribution in [-0.2, 0) is 14.3 Å². The maximum atomic E-state index is 13.1. The summed E-state index contributed by atoms with van der Waals surface area (Å²) in [5.41, 5.74) is 0. The fourth-order valence-electron chi connectivity index (χ4n) is 2.96. The van der Waals surface area contributed by atoms with Crippen LogP contribution in [0.4, 0.5) is 0 Å². The first-order chi connectivity index (χ1) is 12.9. The van der Waals surface area contributed by atoms with Crippen molar-refractivity contribution in [3.05, 3.63) is 34.2 Å². The highest BCUT2D eigenvalue weighted by Gasteiger charge is 2.37. The number of thiophene rings is 1. The summed E-state index contributed by atoms with van der Waals surface area (Å²) < 4.78 is 6.18. The van der Waals surface area contributed by atoms with Crippen LogP contribution < -0.4 is 5.32 Å². The van der Waals surface area contributed by atoms with E-state index in [1.54, 1.807) is 6.92 Å². The molecule has 0 saturated carbocycles. The van der Waals surface area contributed by atoms with Gasteiger partial charge in [-0.15, -0.1) is 11.3 Å². The van der Waals surface area contributed by atoms with Gasteiger partial charge < -0.3 is 15.0 Å². The molecule has 1 aromatic heterocycles. The Morgan fingerprint density at radius 2 is 2.15 bits per heavy atom. The van der Waals surface area contributed by atoms with Crippen LogP contribution in [0.3, 0.4) is 0 Å². The van der Waals surface area contributed by atoms with E-state index in [1.165, 1.54) is 16.2 Å². The van der Waals surface area contributed by atoms with Gasteiger partial charge in [0.05, 0.1) is 17.5 Å². The lowest BCUT2D eigenvalue weighted by atomic mass is 10.1. The maximum absolute atomic E-state index is 13.1. The van der Waals surface area contributed by atoms with Gasteiger partial charge in [0, 0.05) is 23.2 Å². The minimum atomic E-state index is -0.899. The molecule has 1 aromatic carbocycles. The number of fused-ring (bicyclic) bond motifs is 1. The Morgan fingerprint density at radius 3 is 2.85 bits per heavy atom. The Morgan fingerprint density at radius 1 is 1.41 bits per heavy atom. The van der Waals surface area contributed by atoms with E-state index >= 15 is 0 Å². The van der Waals surface area contributed by atoms with Gasteiger partial charge in [0.2, 0.25) is 5.91 Å². The number of amides is 2. The van der Waals surface area contributed by atoms with Gasteiger partial charge in [0.25, 0.3) is 5.91 Å². The molecule has 2 atom stereocenters. The van der Waals surface area contributed by atoms with Crippen molar-refractivity contribution in [2.45, 2.75) is 38.8 Å². The summed E-state index contributed by atoms with van der Waals surface area (Å²) in [6.07, 6.45) is 0.276. The molecule has 144 valence electrons. The first-order valence-electron chi connectivity index (χ1n) is 8.87. The smallest absolute Gasteiger partial charge is 0.308 e. The minimum Gasteiger partial charge on any atom is -0.463 e. The van der Waals surface area contributed by atoms with Crippen LogP contribution in [0.2, 0.25) is 5.02 Å². The number of nitrogens with zero attached hydrogens (tertiary/aromatic N) is 1. The molecule has 3 rings (SSSR count). The van der Waals surface area contributed by atoms with Crippen LogP contribution in [0.1, 0.15) is 36.4 Å². The average molecular weight is 409 g/mol. The lowest BCUT2D eigenvalue weighted by Gasteiger charge is -2.34. The van der Waals surface area contributed by atoms with Crippen LogP contribution in [0, 0.1) is 0 Å². The van der Waals surface area contributed by atoms with Gasteiger partial charge in [0.15, 0.2) is 0 Å². The zero-order chi connectivity index (χ0) is 19.6. The molecule has 0 spiro atoms. The van der Waals surface area contributed by atoms with Gasteiger partial charge in [-0.2, -0.15) is 0 Å². The van der Waals surface area contributed by atoms with Crippen LogP contribution in [0.15, 0.2) is 24.3 Å². The molecule has 2 aromatic rings. The molecular formula is C19H21ClN2O4S. The molecule has 1 saturated heterocycles. The first kappa shape index (κ1) is 19.6. The Balaban J connectivity index is 1.85. The summed E-state index contributed by atoms with van der Waals surface area (Å²) in [7, 11) is 0. The highest BCUT2D eigenvalue weighted by molar-refractivity contribution is 7.21. The van der Waals surface area contributed by atoms with Crippen LogP contribution in [0.5, 0.6) is 0 Å². The Bertz CT molecular complexity index is 882. The molecule has 2 amide bonds. The maximum Gasteiger partial charge on any atom is 0.308 e. The van der Waals surface area contributed by atoms with E-state index < -0.39 is 12.0 Å². The number of nitrogens with one attached hydrogen (secondary N) is 1. The quantitative estimate of drug-likeness (QED) is 0.770. The van der Waals surface area contributed by atoms with E-state index in [2.05, 4.69) is 5.32 Å². The summed E-state index contributed by atoms with van der Waals surface area (Å²) in [5.74, 6) is -1.18. The fourth-order valence-corrected chi connectivity index (χ4v) is 4.42. The third-order valence-electron chi connectivity index (χ3n) is 4.59. The number of rotatable bonds is 5. The van der Waals surface area contributed by atoms with Crippen molar-refractivity contribution in [1.29, 1.82) is 0 Å². The fraction of sp³-hybridized carbons (Fsp3) is 0.421. The summed E-state index contributed by atoms with van der Waals surface area (Å²) in [4.78, 5) is 39.5. The lowest BCUT2D eigenvalue weighted by molar-refractivity contribution is -0.151.